The molecule has 0 spiro atoms. The number of carbonyl (C=O) groups excluding carboxylic acids is 1. The Kier molecular flexibility index (Phi) is 6.43. The lowest BCUT2D eigenvalue weighted by atomic mass is 10.0. The van der Waals surface area contributed by atoms with Crippen molar-refractivity contribution in [3.05, 3.63) is 41.3 Å². The number of aryl methyl sites for hydroxylation is 1. The highest BCUT2D eigenvalue weighted by molar-refractivity contribution is 7.91. The van der Waals surface area contributed by atoms with Crippen LogP contribution in [0.3, 0.4) is 0 Å². The van der Waals surface area contributed by atoms with Gasteiger partial charge in [-0.05, 0) is 42.3 Å². The van der Waals surface area contributed by atoms with Crippen molar-refractivity contribution in [2.24, 2.45) is 0 Å². The van der Waals surface area contributed by atoms with Gasteiger partial charge in [-0.3, -0.25) is 4.79 Å². The third kappa shape index (κ3) is 4.29. The fourth-order valence-corrected chi connectivity index (χ4v) is 8.54. The lowest BCUT2D eigenvalue weighted by molar-refractivity contribution is -0.136. The molecule has 5 rings (SSSR count). The summed E-state index contributed by atoms with van der Waals surface area (Å²) >= 11 is 2.91. The average molecular weight is 505 g/mol. The minimum Gasteiger partial charge on any atom is -0.345 e. The molecular formula is C23H28N4O3S3. The van der Waals surface area contributed by atoms with E-state index in [1.54, 1.807) is 28.8 Å². The smallest absolute Gasteiger partial charge is 0.253 e. The average Bonchev–Trinajstić information content (AvgIpc) is 3.54. The number of piperidine rings is 1. The summed E-state index contributed by atoms with van der Waals surface area (Å²) in [5, 5.41) is 2.76. The Balaban J connectivity index is 1.29. The molecule has 1 atom stereocenters. The van der Waals surface area contributed by atoms with E-state index in [1.165, 1.54) is 25.9 Å². The molecule has 7 nitrogen and oxygen atoms in total. The molecule has 10 heteroatoms. The van der Waals surface area contributed by atoms with Gasteiger partial charge in [0.05, 0.1) is 10.2 Å². The Hall–Kier alpha value is -2.01. The summed E-state index contributed by atoms with van der Waals surface area (Å²) in [4.78, 5) is 22.4. The third-order valence-corrected chi connectivity index (χ3v) is 10.9. The zero-order valence-electron chi connectivity index (χ0n) is 18.6. The van der Waals surface area contributed by atoms with E-state index < -0.39 is 16.1 Å². The first-order valence-corrected chi connectivity index (χ1v) is 14.6. The topological polar surface area (TPSA) is 73.8 Å². The second kappa shape index (κ2) is 9.32. The highest BCUT2D eigenvalue weighted by Crippen LogP contribution is 2.32. The molecule has 1 unspecified atom stereocenters. The predicted molar refractivity (Wildman–Crippen MR) is 134 cm³/mol. The summed E-state index contributed by atoms with van der Waals surface area (Å²) in [6.07, 6.45) is 3.20. The van der Waals surface area contributed by atoms with Crippen molar-refractivity contribution < 1.29 is 13.2 Å². The van der Waals surface area contributed by atoms with E-state index in [-0.39, 0.29) is 5.91 Å². The van der Waals surface area contributed by atoms with Crippen molar-refractivity contribution in [3.63, 3.8) is 0 Å². The normalized spacial score (nSPS) is 20.5. The van der Waals surface area contributed by atoms with Gasteiger partial charge in [0.25, 0.3) is 10.0 Å². The predicted octanol–water partition coefficient (Wildman–Crippen LogP) is 3.81. The third-order valence-electron chi connectivity index (χ3n) is 6.53. The van der Waals surface area contributed by atoms with Crippen molar-refractivity contribution in [2.45, 2.75) is 42.9 Å². The van der Waals surface area contributed by atoms with Crippen molar-refractivity contribution in [2.75, 3.05) is 37.6 Å². The molecule has 0 bridgehead atoms. The molecule has 1 amide bonds. The van der Waals surface area contributed by atoms with Crippen LogP contribution in [-0.2, 0) is 21.2 Å². The molecule has 0 aliphatic carbocycles. The number of piperazine rings is 1. The quantitative estimate of drug-likeness (QED) is 0.528. The van der Waals surface area contributed by atoms with E-state index in [1.807, 2.05) is 4.90 Å². The first kappa shape index (κ1) is 22.8. The molecule has 2 aliphatic heterocycles. The summed E-state index contributed by atoms with van der Waals surface area (Å²) < 4.78 is 29.3. The van der Waals surface area contributed by atoms with Gasteiger partial charge in [-0.1, -0.05) is 42.9 Å². The van der Waals surface area contributed by atoms with Gasteiger partial charge in [0, 0.05) is 32.7 Å². The van der Waals surface area contributed by atoms with Crippen molar-refractivity contribution in [1.82, 2.24) is 14.2 Å². The molecule has 1 aromatic carbocycles. The number of thiophene rings is 1. The molecule has 2 saturated heterocycles. The molecule has 0 N–H and O–H groups in total. The van der Waals surface area contributed by atoms with Gasteiger partial charge in [-0.15, -0.1) is 11.3 Å². The van der Waals surface area contributed by atoms with Crippen LogP contribution in [0.4, 0.5) is 5.13 Å². The Morgan fingerprint density at radius 3 is 2.64 bits per heavy atom. The number of carbonyl (C=O) groups is 1. The molecular weight excluding hydrogens is 476 g/mol. The maximum Gasteiger partial charge on any atom is 0.253 e. The van der Waals surface area contributed by atoms with Crippen LogP contribution in [0.25, 0.3) is 10.2 Å². The number of para-hydroxylation sites is 1. The van der Waals surface area contributed by atoms with Crippen LogP contribution in [0, 0.1) is 0 Å². The van der Waals surface area contributed by atoms with E-state index in [0.717, 1.165) is 29.9 Å². The zero-order chi connectivity index (χ0) is 23.0. The van der Waals surface area contributed by atoms with Crippen molar-refractivity contribution >= 4 is 54.0 Å². The first-order chi connectivity index (χ1) is 16.0. The largest absolute Gasteiger partial charge is 0.345 e. The van der Waals surface area contributed by atoms with Gasteiger partial charge < -0.3 is 9.80 Å². The number of thiazole rings is 1. The van der Waals surface area contributed by atoms with Crippen LogP contribution < -0.4 is 4.90 Å². The van der Waals surface area contributed by atoms with E-state index in [0.29, 0.717) is 43.4 Å². The number of benzene rings is 1. The summed E-state index contributed by atoms with van der Waals surface area (Å²) in [6.45, 7) is 5.12. The number of nitrogens with zero attached hydrogens (tertiary/aromatic N) is 4. The maximum atomic E-state index is 13.4. The standard InChI is InChI=1S/C23H28N4O3S3/c1-2-17-7-5-9-19-21(17)24-23(32-19)26-14-12-25(13-15-26)22(28)18-8-3-4-11-27(18)33(29,30)20-10-6-16-31-20/h5-7,9-10,16,18H,2-4,8,11-15H2,1H3. The lowest BCUT2D eigenvalue weighted by Crippen LogP contribution is -2.57. The Labute approximate surface area is 202 Å². The van der Waals surface area contributed by atoms with Crippen LogP contribution >= 0.6 is 22.7 Å². The first-order valence-electron chi connectivity index (χ1n) is 11.5. The van der Waals surface area contributed by atoms with Crippen LogP contribution in [0.1, 0.15) is 31.7 Å². The number of fused-ring (bicyclic) bond motifs is 1. The van der Waals surface area contributed by atoms with E-state index >= 15 is 0 Å². The number of hydrogen-bond donors (Lipinski definition) is 0. The number of sulfonamides is 1. The molecule has 2 aromatic heterocycles. The van der Waals surface area contributed by atoms with Crippen LogP contribution in [0.5, 0.6) is 0 Å². The van der Waals surface area contributed by atoms with Gasteiger partial charge in [0.2, 0.25) is 5.91 Å². The minimum absolute atomic E-state index is 0.0629. The van der Waals surface area contributed by atoms with Gasteiger partial charge >= 0.3 is 0 Å². The summed E-state index contributed by atoms with van der Waals surface area (Å²) in [5.41, 5.74) is 2.34. The molecule has 2 aliphatic rings. The number of hydrogen-bond acceptors (Lipinski definition) is 7. The zero-order valence-corrected chi connectivity index (χ0v) is 21.1. The van der Waals surface area contributed by atoms with Gasteiger partial charge in [-0.2, -0.15) is 4.31 Å². The van der Waals surface area contributed by atoms with Gasteiger partial charge in [-0.25, -0.2) is 13.4 Å². The molecule has 176 valence electrons. The second-order valence-corrected chi connectivity index (χ2v) is 12.6. The SMILES string of the molecule is CCc1cccc2sc(N3CCN(C(=O)C4CCCCN4S(=O)(=O)c4cccs4)CC3)nc12. The van der Waals surface area contributed by atoms with Crippen LogP contribution in [0.15, 0.2) is 39.9 Å². The summed E-state index contributed by atoms with van der Waals surface area (Å²) in [7, 11) is -3.64. The van der Waals surface area contributed by atoms with E-state index in [2.05, 4.69) is 30.0 Å². The van der Waals surface area contributed by atoms with Crippen molar-refractivity contribution in [1.29, 1.82) is 0 Å². The second-order valence-electron chi connectivity index (χ2n) is 8.49. The van der Waals surface area contributed by atoms with Crippen LogP contribution in [0.2, 0.25) is 0 Å². The highest BCUT2D eigenvalue weighted by atomic mass is 32.2. The Morgan fingerprint density at radius 1 is 1.09 bits per heavy atom. The summed E-state index contributed by atoms with van der Waals surface area (Å²) in [5.74, 6) is -0.0629. The minimum atomic E-state index is -3.64. The van der Waals surface area contributed by atoms with Crippen molar-refractivity contribution in [3.8, 4) is 0 Å². The highest BCUT2D eigenvalue weighted by Gasteiger charge is 2.40. The molecule has 2 fully saturated rings. The number of aromatic nitrogens is 1. The van der Waals surface area contributed by atoms with Gasteiger partial charge in [0.1, 0.15) is 10.3 Å². The maximum absolute atomic E-state index is 13.4. The van der Waals surface area contributed by atoms with E-state index in [4.69, 9.17) is 4.98 Å². The van der Waals surface area contributed by atoms with Crippen LogP contribution in [-0.4, -0.2) is 67.3 Å². The molecule has 3 aromatic rings. The Bertz CT molecular complexity index is 1230. The fraction of sp³-hybridized carbons (Fsp3) is 0.478. The fourth-order valence-electron chi connectivity index (χ4n) is 4.71. The Morgan fingerprint density at radius 2 is 1.91 bits per heavy atom. The number of anilines is 1. The number of amides is 1. The molecule has 0 radical (unpaired) electrons. The molecule has 0 saturated carbocycles. The monoisotopic (exact) mass is 504 g/mol. The molecule has 33 heavy (non-hydrogen) atoms. The lowest BCUT2D eigenvalue weighted by Gasteiger charge is -2.40. The molecule has 4 heterocycles. The summed E-state index contributed by atoms with van der Waals surface area (Å²) in [6, 6.07) is 9.08. The number of rotatable bonds is 5. The van der Waals surface area contributed by atoms with E-state index in [9.17, 15) is 13.2 Å². The van der Waals surface area contributed by atoms with Gasteiger partial charge in [0.15, 0.2) is 5.13 Å².